The maximum atomic E-state index is 13.7. The minimum atomic E-state index is -1.16. The molecule has 0 radical (unpaired) electrons. The first-order valence-corrected chi connectivity index (χ1v) is 16.4. The summed E-state index contributed by atoms with van der Waals surface area (Å²) in [5, 5.41) is 27.2. The van der Waals surface area contributed by atoms with Gasteiger partial charge < -0.3 is 36.8 Å². The van der Waals surface area contributed by atoms with Gasteiger partial charge >= 0.3 is 5.97 Å². The van der Waals surface area contributed by atoms with Gasteiger partial charge in [0.15, 0.2) is 0 Å². The molecule has 2 saturated heterocycles. The van der Waals surface area contributed by atoms with Crippen molar-refractivity contribution in [3.05, 3.63) is 65.7 Å². The van der Waals surface area contributed by atoms with Crippen molar-refractivity contribution in [2.45, 2.75) is 67.3 Å². The molecule has 0 aliphatic carbocycles. The van der Waals surface area contributed by atoms with Gasteiger partial charge in [-0.15, -0.1) is 0 Å². The summed E-state index contributed by atoms with van der Waals surface area (Å²) in [5.41, 5.74) is 7.67. The Morgan fingerprint density at radius 3 is 2.43 bits per heavy atom. The lowest BCUT2D eigenvalue weighted by atomic mass is 10.00. The van der Waals surface area contributed by atoms with Crippen LogP contribution < -0.4 is 21.7 Å². The number of nitrogens with one attached hydrogen (secondary N) is 3. The van der Waals surface area contributed by atoms with Crippen LogP contribution in [-0.4, -0.2) is 92.0 Å². The fraction of sp³-hybridized carbons (Fsp3) is 0.433. The van der Waals surface area contributed by atoms with Crippen LogP contribution in [0.5, 0.6) is 5.75 Å². The van der Waals surface area contributed by atoms with Gasteiger partial charge in [-0.2, -0.15) is 0 Å². The molecule has 44 heavy (non-hydrogen) atoms. The third-order valence-electron chi connectivity index (χ3n) is 7.58. The van der Waals surface area contributed by atoms with Crippen LogP contribution in [0.2, 0.25) is 0 Å². The number of hydrogen-bond acceptors (Lipinski definition) is 9. The van der Waals surface area contributed by atoms with E-state index >= 15 is 0 Å². The van der Waals surface area contributed by atoms with Crippen molar-refractivity contribution in [2.24, 2.45) is 5.73 Å². The molecule has 12 nitrogen and oxygen atoms in total. The van der Waals surface area contributed by atoms with E-state index < -0.39 is 70.3 Å². The number of carbonyl (C=O) groups excluding carboxylic acids is 4. The van der Waals surface area contributed by atoms with Gasteiger partial charge in [-0.25, -0.2) is 4.79 Å². The van der Waals surface area contributed by atoms with Crippen LogP contribution >= 0.6 is 21.6 Å². The van der Waals surface area contributed by atoms with E-state index in [9.17, 15) is 34.2 Å². The predicted octanol–water partition coefficient (Wildman–Crippen LogP) is 0.818. The van der Waals surface area contributed by atoms with E-state index in [1.165, 1.54) is 38.6 Å². The van der Waals surface area contributed by atoms with Crippen LogP contribution in [-0.2, 0) is 36.8 Å². The number of aromatic hydroxyl groups is 1. The maximum Gasteiger partial charge on any atom is 0.327 e. The van der Waals surface area contributed by atoms with E-state index in [1.807, 2.05) is 18.2 Å². The van der Waals surface area contributed by atoms with Crippen molar-refractivity contribution in [3.63, 3.8) is 0 Å². The molecule has 236 valence electrons. The monoisotopic (exact) mass is 643 g/mol. The number of benzene rings is 2. The highest BCUT2D eigenvalue weighted by molar-refractivity contribution is 8.77. The quantitative estimate of drug-likeness (QED) is 0.236. The van der Waals surface area contributed by atoms with Gasteiger partial charge in [-0.3, -0.25) is 19.2 Å². The van der Waals surface area contributed by atoms with E-state index in [2.05, 4.69) is 16.0 Å². The highest BCUT2D eigenvalue weighted by Crippen LogP contribution is 2.45. The number of rotatable bonds is 7. The Labute approximate surface area is 263 Å². The molecule has 4 amide bonds. The van der Waals surface area contributed by atoms with Gasteiger partial charge in [0.2, 0.25) is 23.6 Å². The summed E-state index contributed by atoms with van der Waals surface area (Å²) >= 11 is 0. The smallest absolute Gasteiger partial charge is 0.327 e. The molecule has 1 unspecified atom stereocenters. The van der Waals surface area contributed by atoms with Gasteiger partial charge in [-0.1, -0.05) is 64.1 Å². The standard InChI is InChI=1S/C30H37N5O7S2/c1-30(2)25(34-26(38)20(31)14-18-8-10-19(36)11-9-18)27(39)32-16-23(37)33-21(15-17-6-4-3-5-7-17)28(40)35-13-12-22(43-44-30)24(35)29(41)42/h3-11,20-22,24-25,36H,12-16,31H2,1-2H3,(H,32,39)(H,33,37)(H,34,38)(H,41,42)/t20-,21-,22?,24-,25+/m0/s1. The van der Waals surface area contributed by atoms with Gasteiger partial charge in [-0.05, 0) is 49.9 Å². The Morgan fingerprint density at radius 2 is 1.77 bits per heavy atom. The third-order valence-corrected chi connectivity index (χ3v) is 11.4. The zero-order valence-electron chi connectivity index (χ0n) is 24.4. The van der Waals surface area contributed by atoms with Crippen molar-refractivity contribution in [1.29, 1.82) is 0 Å². The summed E-state index contributed by atoms with van der Waals surface area (Å²) in [6.45, 7) is 3.19. The molecule has 5 atom stereocenters. The summed E-state index contributed by atoms with van der Waals surface area (Å²) in [7, 11) is 2.49. The molecule has 14 heteroatoms. The molecular weight excluding hydrogens is 606 g/mol. The summed E-state index contributed by atoms with van der Waals surface area (Å²) in [6.07, 6.45) is 0.683. The Kier molecular flexibility index (Phi) is 10.8. The topological polar surface area (TPSA) is 191 Å². The van der Waals surface area contributed by atoms with Gasteiger partial charge in [0.05, 0.1) is 12.6 Å². The molecule has 7 N–H and O–H groups in total. The lowest BCUT2D eigenvalue weighted by Gasteiger charge is -2.35. The van der Waals surface area contributed by atoms with Crippen molar-refractivity contribution in [1.82, 2.24) is 20.9 Å². The van der Waals surface area contributed by atoms with Crippen LogP contribution in [0.3, 0.4) is 0 Å². The number of nitrogens with zero attached hydrogens (tertiary/aromatic N) is 1. The Bertz CT molecular complexity index is 1380. The lowest BCUT2D eigenvalue weighted by Crippen LogP contribution is -2.60. The average molecular weight is 644 g/mol. The Balaban J connectivity index is 1.58. The highest BCUT2D eigenvalue weighted by atomic mass is 33.1. The molecule has 0 saturated carbocycles. The fourth-order valence-electron chi connectivity index (χ4n) is 5.19. The molecular formula is C30H37N5O7S2. The zero-order valence-corrected chi connectivity index (χ0v) is 26.0. The van der Waals surface area contributed by atoms with Crippen LogP contribution in [0, 0.1) is 0 Å². The van der Waals surface area contributed by atoms with Gasteiger partial charge in [0.25, 0.3) is 0 Å². The number of phenolic OH excluding ortho intramolecular Hbond substituents is 1. The molecule has 4 rings (SSSR count). The minimum absolute atomic E-state index is 0.0785. The Morgan fingerprint density at radius 1 is 1.09 bits per heavy atom. The lowest BCUT2D eigenvalue weighted by molar-refractivity contribution is -0.149. The second-order valence-electron chi connectivity index (χ2n) is 11.4. The van der Waals surface area contributed by atoms with E-state index in [0.29, 0.717) is 12.0 Å². The molecule has 2 heterocycles. The molecule has 2 aromatic rings. The molecule has 2 fully saturated rings. The van der Waals surface area contributed by atoms with Crippen LogP contribution in [0.15, 0.2) is 54.6 Å². The number of carboxylic acid groups (broad SMARTS) is 1. The SMILES string of the molecule is CC1(C)SSC2CCN(C(=O)[C@H](Cc3ccccc3)NC(=O)CNC(=O)[C@H]1NC(=O)[C@@H](N)Cc1ccc(O)cc1)[C@@H]2C(=O)O. The van der Waals surface area contributed by atoms with Gasteiger partial charge in [0.1, 0.15) is 23.9 Å². The average Bonchev–Trinajstić information content (AvgIpc) is 3.42. The third kappa shape index (κ3) is 8.24. The number of phenols is 1. The van der Waals surface area contributed by atoms with Gasteiger partial charge in [0, 0.05) is 23.0 Å². The molecule has 2 aliphatic heterocycles. The summed E-state index contributed by atoms with van der Waals surface area (Å²) in [4.78, 5) is 67.2. The van der Waals surface area contributed by atoms with Crippen molar-refractivity contribution < 1.29 is 34.2 Å². The molecule has 2 aliphatic rings. The first kappa shape index (κ1) is 33.1. The van der Waals surface area contributed by atoms with Crippen LogP contribution in [0.1, 0.15) is 31.4 Å². The zero-order chi connectivity index (χ0) is 32.0. The number of nitrogens with two attached hydrogens (primary N) is 1. The fourth-order valence-corrected chi connectivity index (χ4v) is 8.40. The van der Waals surface area contributed by atoms with Crippen LogP contribution in [0.25, 0.3) is 0 Å². The first-order chi connectivity index (χ1) is 20.9. The van der Waals surface area contributed by atoms with E-state index in [0.717, 1.165) is 5.56 Å². The normalized spacial score (nSPS) is 24.9. The number of amides is 4. The minimum Gasteiger partial charge on any atom is -0.508 e. The first-order valence-electron chi connectivity index (χ1n) is 14.2. The Hall–Kier alpha value is -3.75. The van der Waals surface area contributed by atoms with E-state index in [-0.39, 0.29) is 25.1 Å². The number of aliphatic carboxylic acids is 1. The maximum absolute atomic E-state index is 13.7. The van der Waals surface area contributed by atoms with Crippen molar-refractivity contribution in [2.75, 3.05) is 13.1 Å². The molecule has 0 spiro atoms. The second kappa shape index (κ2) is 14.4. The number of hydrogen-bond donors (Lipinski definition) is 6. The summed E-state index contributed by atoms with van der Waals surface area (Å²) < 4.78 is -0.987. The number of carboxylic acids is 1. The highest BCUT2D eigenvalue weighted by Gasteiger charge is 2.47. The van der Waals surface area contributed by atoms with E-state index in [4.69, 9.17) is 5.73 Å². The molecule has 2 bridgehead atoms. The second-order valence-corrected chi connectivity index (χ2v) is 14.5. The molecule has 2 aromatic carbocycles. The van der Waals surface area contributed by atoms with Crippen molar-refractivity contribution in [3.8, 4) is 5.75 Å². The van der Waals surface area contributed by atoms with Crippen LogP contribution in [0.4, 0.5) is 0 Å². The molecule has 0 aromatic heterocycles. The summed E-state index contributed by atoms with van der Waals surface area (Å²) in [5.74, 6) is -3.44. The predicted molar refractivity (Wildman–Crippen MR) is 168 cm³/mol. The number of fused-ring (bicyclic) bond motifs is 2. The van der Waals surface area contributed by atoms with E-state index in [1.54, 1.807) is 38.1 Å². The number of carbonyl (C=O) groups is 5. The summed E-state index contributed by atoms with van der Waals surface area (Å²) in [6, 6.07) is 11.0. The van der Waals surface area contributed by atoms with Crippen molar-refractivity contribution >= 4 is 51.2 Å². The largest absolute Gasteiger partial charge is 0.508 e.